The number of aliphatic hydroxyl groups is 1. The van der Waals surface area contributed by atoms with Gasteiger partial charge < -0.3 is 20.1 Å². The zero-order chi connectivity index (χ0) is 16.1. The third kappa shape index (κ3) is 4.33. The van der Waals surface area contributed by atoms with Crippen molar-refractivity contribution in [1.82, 2.24) is 0 Å². The van der Waals surface area contributed by atoms with Crippen LogP contribution in [0.15, 0.2) is 30.3 Å². The van der Waals surface area contributed by atoms with Gasteiger partial charge in [0.05, 0.1) is 12.0 Å². The fraction of sp³-hybridized carbons (Fsp3) is 0.375. The molecule has 0 amide bonds. The largest absolute Gasteiger partial charge is 0.508 e. The lowest BCUT2D eigenvalue weighted by molar-refractivity contribution is -0.159. The Labute approximate surface area is 127 Å². The molecule has 0 saturated heterocycles. The molecule has 3 N–H and O–H groups in total. The van der Waals surface area contributed by atoms with Crippen molar-refractivity contribution >= 4 is 18.0 Å². The molecule has 0 aromatic heterocycles. The molecule has 0 heterocycles. The van der Waals surface area contributed by atoms with E-state index in [4.69, 9.17) is 14.9 Å². The van der Waals surface area contributed by atoms with Crippen LogP contribution in [-0.2, 0) is 14.3 Å². The van der Waals surface area contributed by atoms with Gasteiger partial charge in [0, 0.05) is 12.5 Å². The summed E-state index contributed by atoms with van der Waals surface area (Å²) in [6.45, 7) is 0. The number of aliphatic carboxylic acids is 1. The number of carboxylic acid groups (broad SMARTS) is 1. The average molecular weight is 306 g/mol. The van der Waals surface area contributed by atoms with E-state index in [1.165, 1.54) is 24.3 Å². The number of esters is 1. The zero-order valence-electron chi connectivity index (χ0n) is 11.9. The Balaban J connectivity index is 1.92. The molecule has 3 atom stereocenters. The van der Waals surface area contributed by atoms with E-state index in [1.807, 2.05) is 0 Å². The quantitative estimate of drug-likeness (QED) is 0.576. The number of ether oxygens (including phenoxy) is 1. The summed E-state index contributed by atoms with van der Waals surface area (Å²) in [5, 5.41) is 28.0. The highest BCUT2D eigenvalue weighted by Gasteiger charge is 2.34. The van der Waals surface area contributed by atoms with Gasteiger partial charge in [0.15, 0.2) is 0 Å². The summed E-state index contributed by atoms with van der Waals surface area (Å²) in [5.41, 5.74) is 0.711. The number of phenols is 1. The second-order valence-corrected chi connectivity index (χ2v) is 5.32. The van der Waals surface area contributed by atoms with Crippen molar-refractivity contribution in [2.75, 3.05) is 0 Å². The predicted molar refractivity (Wildman–Crippen MR) is 78.0 cm³/mol. The standard InChI is InChI=1S/C16H18O6/c17-12-5-1-10(2-6-12)3-8-15(19)22-14-9-11(16(20)21)4-7-13(14)18/h1-3,5-6,8,11,13-14,17-18H,4,7,9H2,(H,20,21)/b8-3+/t11-,13-,14-/m1/s1. The molecule has 6 heteroatoms. The average Bonchev–Trinajstić information content (AvgIpc) is 2.48. The lowest BCUT2D eigenvalue weighted by Gasteiger charge is -2.30. The maximum atomic E-state index is 11.8. The van der Waals surface area contributed by atoms with Gasteiger partial charge in [-0.25, -0.2) is 4.79 Å². The van der Waals surface area contributed by atoms with Crippen LogP contribution in [0.4, 0.5) is 0 Å². The van der Waals surface area contributed by atoms with Crippen molar-refractivity contribution in [3.8, 4) is 5.75 Å². The Kier molecular flexibility index (Phi) is 5.16. The number of aromatic hydroxyl groups is 1. The number of carboxylic acids is 1. The van der Waals surface area contributed by atoms with E-state index < -0.39 is 30.1 Å². The first kappa shape index (κ1) is 16.0. The minimum Gasteiger partial charge on any atom is -0.508 e. The van der Waals surface area contributed by atoms with Crippen LogP contribution in [-0.4, -0.2) is 39.5 Å². The van der Waals surface area contributed by atoms with Crippen LogP contribution in [0.25, 0.3) is 6.08 Å². The van der Waals surface area contributed by atoms with Crippen LogP contribution in [0.3, 0.4) is 0 Å². The molecule has 0 bridgehead atoms. The van der Waals surface area contributed by atoms with Crippen LogP contribution in [0.5, 0.6) is 5.75 Å². The second-order valence-electron chi connectivity index (χ2n) is 5.32. The highest BCUT2D eigenvalue weighted by molar-refractivity contribution is 5.87. The molecule has 0 unspecified atom stereocenters. The number of aliphatic hydroxyl groups excluding tert-OH is 1. The summed E-state index contributed by atoms with van der Waals surface area (Å²) in [6, 6.07) is 6.25. The Bertz CT molecular complexity index is 563. The SMILES string of the molecule is O=C(/C=C/c1ccc(O)cc1)O[C@@H]1C[C@H](C(=O)O)CC[C@H]1O. The van der Waals surface area contributed by atoms with Crippen LogP contribution in [0.2, 0.25) is 0 Å². The lowest BCUT2D eigenvalue weighted by atomic mass is 9.85. The van der Waals surface area contributed by atoms with Gasteiger partial charge in [-0.05, 0) is 36.6 Å². The molecule has 1 aliphatic carbocycles. The molecule has 0 spiro atoms. The number of phenolic OH excluding ortho intramolecular Hbond substituents is 1. The first-order chi connectivity index (χ1) is 10.5. The highest BCUT2D eigenvalue weighted by atomic mass is 16.6. The second kappa shape index (κ2) is 7.09. The van der Waals surface area contributed by atoms with E-state index in [2.05, 4.69) is 0 Å². The van der Waals surface area contributed by atoms with Crippen molar-refractivity contribution in [3.63, 3.8) is 0 Å². The van der Waals surface area contributed by atoms with Gasteiger partial charge in [-0.1, -0.05) is 12.1 Å². The lowest BCUT2D eigenvalue weighted by Crippen LogP contribution is -2.39. The van der Waals surface area contributed by atoms with E-state index in [0.717, 1.165) is 0 Å². The van der Waals surface area contributed by atoms with E-state index in [1.54, 1.807) is 12.1 Å². The van der Waals surface area contributed by atoms with Crippen LogP contribution < -0.4 is 0 Å². The molecule has 2 rings (SSSR count). The van der Waals surface area contributed by atoms with Crippen LogP contribution >= 0.6 is 0 Å². The number of hydrogen-bond donors (Lipinski definition) is 3. The smallest absolute Gasteiger partial charge is 0.331 e. The zero-order valence-corrected chi connectivity index (χ0v) is 11.9. The topological polar surface area (TPSA) is 104 Å². The van der Waals surface area contributed by atoms with Crippen molar-refractivity contribution < 1.29 is 29.6 Å². The molecule has 0 radical (unpaired) electrons. The summed E-state index contributed by atoms with van der Waals surface area (Å²) in [6.07, 6.45) is 1.91. The number of benzene rings is 1. The third-order valence-corrected chi connectivity index (χ3v) is 3.68. The van der Waals surface area contributed by atoms with Crippen LogP contribution in [0.1, 0.15) is 24.8 Å². The molecule has 22 heavy (non-hydrogen) atoms. The van der Waals surface area contributed by atoms with Crippen molar-refractivity contribution in [1.29, 1.82) is 0 Å². The molecular weight excluding hydrogens is 288 g/mol. The fourth-order valence-electron chi connectivity index (χ4n) is 2.40. The monoisotopic (exact) mass is 306 g/mol. The summed E-state index contributed by atoms with van der Waals surface area (Å²) in [7, 11) is 0. The minimum absolute atomic E-state index is 0.120. The van der Waals surface area contributed by atoms with E-state index in [9.17, 15) is 14.7 Å². The molecule has 1 aromatic carbocycles. The van der Waals surface area contributed by atoms with Gasteiger partial charge >= 0.3 is 11.9 Å². The Hall–Kier alpha value is -2.34. The summed E-state index contributed by atoms with van der Waals surface area (Å²) < 4.78 is 5.14. The van der Waals surface area contributed by atoms with E-state index >= 15 is 0 Å². The van der Waals surface area contributed by atoms with Gasteiger partial charge in [-0.3, -0.25) is 4.79 Å². The van der Waals surface area contributed by atoms with Crippen molar-refractivity contribution in [3.05, 3.63) is 35.9 Å². The first-order valence-corrected chi connectivity index (χ1v) is 7.04. The Morgan fingerprint density at radius 1 is 1.18 bits per heavy atom. The summed E-state index contributed by atoms with van der Waals surface area (Å²) >= 11 is 0. The summed E-state index contributed by atoms with van der Waals surface area (Å²) in [5.74, 6) is -2.04. The molecule has 118 valence electrons. The number of rotatable bonds is 4. The number of carbonyl (C=O) groups is 2. The number of carbonyl (C=O) groups excluding carboxylic acids is 1. The maximum absolute atomic E-state index is 11.8. The Morgan fingerprint density at radius 3 is 2.50 bits per heavy atom. The van der Waals surface area contributed by atoms with Gasteiger partial charge in [0.1, 0.15) is 11.9 Å². The molecule has 1 fully saturated rings. The highest BCUT2D eigenvalue weighted by Crippen LogP contribution is 2.27. The Morgan fingerprint density at radius 2 is 1.86 bits per heavy atom. The molecule has 1 aromatic rings. The van der Waals surface area contributed by atoms with Gasteiger partial charge in [-0.2, -0.15) is 0 Å². The summed E-state index contributed by atoms with van der Waals surface area (Å²) in [4.78, 5) is 22.7. The van der Waals surface area contributed by atoms with Crippen molar-refractivity contribution in [2.45, 2.75) is 31.5 Å². The third-order valence-electron chi connectivity index (χ3n) is 3.68. The van der Waals surface area contributed by atoms with Crippen LogP contribution in [0, 0.1) is 5.92 Å². The van der Waals surface area contributed by atoms with Gasteiger partial charge in [0.2, 0.25) is 0 Å². The molecule has 6 nitrogen and oxygen atoms in total. The predicted octanol–water partition coefficient (Wildman–Crippen LogP) is 1.56. The van der Waals surface area contributed by atoms with Gasteiger partial charge in [-0.15, -0.1) is 0 Å². The van der Waals surface area contributed by atoms with Gasteiger partial charge in [0.25, 0.3) is 0 Å². The molecule has 1 aliphatic rings. The normalized spacial score (nSPS) is 25.0. The molecule has 1 saturated carbocycles. The fourth-order valence-corrected chi connectivity index (χ4v) is 2.40. The number of hydrogen-bond acceptors (Lipinski definition) is 5. The molecule has 0 aliphatic heterocycles. The van der Waals surface area contributed by atoms with Crippen molar-refractivity contribution in [2.24, 2.45) is 5.92 Å². The first-order valence-electron chi connectivity index (χ1n) is 7.04. The minimum atomic E-state index is -0.937. The van der Waals surface area contributed by atoms with E-state index in [-0.39, 0.29) is 12.2 Å². The molecular formula is C16H18O6. The van der Waals surface area contributed by atoms with E-state index in [0.29, 0.717) is 18.4 Å². The maximum Gasteiger partial charge on any atom is 0.331 e.